The van der Waals surface area contributed by atoms with Gasteiger partial charge in [-0.25, -0.2) is 4.98 Å². The summed E-state index contributed by atoms with van der Waals surface area (Å²) in [5.41, 5.74) is 1.99. The first-order chi connectivity index (χ1) is 10.2. The zero-order chi connectivity index (χ0) is 14.8. The van der Waals surface area contributed by atoms with Crippen molar-refractivity contribution in [1.82, 2.24) is 9.88 Å². The summed E-state index contributed by atoms with van der Waals surface area (Å²) in [5.74, 6) is 1.70. The van der Waals surface area contributed by atoms with E-state index in [0.29, 0.717) is 5.15 Å². The number of rotatable bonds is 6. The van der Waals surface area contributed by atoms with Gasteiger partial charge >= 0.3 is 0 Å². The molecule has 112 valence electrons. The summed E-state index contributed by atoms with van der Waals surface area (Å²) in [6.07, 6.45) is 2.75. The van der Waals surface area contributed by atoms with Crippen molar-refractivity contribution in [2.24, 2.45) is 5.92 Å². The molecule has 4 heteroatoms. The molecule has 0 spiro atoms. The van der Waals surface area contributed by atoms with Crippen LogP contribution in [0.2, 0.25) is 5.15 Å². The first-order valence-electron chi connectivity index (χ1n) is 7.55. The third kappa shape index (κ3) is 3.47. The van der Waals surface area contributed by atoms with E-state index in [1.807, 2.05) is 18.2 Å². The van der Waals surface area contributed by atoms with Crippen LogP contribution in [0, 0.1) is 5.92 Å². The van der Waals surface area contributed by atoms with Crippen LogP contribution in [-0.4, -0.2) is 30.1 Å². The molecule has 1 saturated carbocycles. The molecule has 0 atom stereocenters. The van der Waals surface area contributed by atoms with Gasteiger partial charge in [0.25, 0.3) is 0 Å². The number of hydrogen-bond donors (Lipinski definition) is 0. The maximum Gasteiger partial charge on any atom is 0.134 e. The lowest BCUT2D eigenvalue weighted by molar-refractivity contribution is 0.268. The summed E-state index contributed by atoms with van der Waals surface area (Å²) >= 11 is 6.37. The number of pyridine rings is 1. The molecule has 0 aliphatic heterocycles. The standard InChI is InChI=1S/C17H21ClN2O/c1-3-20(10-12-4-5-12)11-14-8-13-6-7-15(21-2)9-16(13)19-17(14)18/h6-9,12H,3-5,10-11H2,1-2H3. The molecule has 0 N–H and O–H groups in total. The van der Waals surface area contributed by atoms with Crippen molar-refractivity contribution < 1.29 is 4.74 Å². The minimum Gasteiger partial charge on any atom is -0.497 e. The minimum atomic E-state index is 0.602. The summed E-state index contributed by atoms with van der Waals surface area (Å²) in [5, 5.41) is 1.71. The van der Waals surface area contributed by atoms with Gasteiger partial charge in [-0.2, -0.15) is 0 Å². The SMILES string of the molecule is CCN(Cc1cc2ccc(OC)cc2nc1Cl)CC1CC1. The van der Waals surface area contributed by atoms with E-state index in [-0.39, 0.29) is 0 Å². The van der Waals surface area contributed by atoms with Crippen LogP contribution in [0.3, 0.4) is 0 Å². The molecule has 2 aromatic rings. The van der Waals surface area contributed by atoms with Crippen molar-refractivity contribution in [3.8, 4) is 5.75 Å². The predicted molar refractivity (Wildman–Crippen MR) is 87.0 cm³/mol. The summed E-state index contributed by atoms with van der Waals surface area (Å²) in [6, 6.07) is 8.08. The average Bonchev–Trinajstić information content (AvgIpc) is 3.30. The highest BCUT2D eigenvalue weighted by molar-refractivity contribution is 6.30. The van der Waals surface area contributed by atoms with E-state index in [1.54, 1.807) is 7.11 Å². The molecule has 0 amide bonds. The third-order valence-corrected chi connectivity index (χ3v) is 4.43. The van der Waals surface area contributed by atoms with Crippen molar-refractivity contribution in [1.29, 1.82) is 0 Å². The largest absolute Gasteiger partial charge is 0.497 e. The Kier molecular flexibility index (Phi) is 4.32. The van der Waals surface area contributed by atoms with Gasteiger partial charge in [0, 0.05) is 30.1 Å². The topological polar surface area (TPSA) is 25.4 Å². The van der Waals surface area contributed by atoms with Crippen molar-refractivity contribution in [2.45, 2.75) is 26.3 Å². The number of fused-ring (bicyclic) bond motifs is 1. The number of methoxy groups -OCH3 is 1. The fourth-order valence-electron chi connectivity index (χ4n) is 2.62. The monoisotopic (exact) mass is 304 g/mol. The second kappa shape index (κ2) is 6.20. The third-order valence-electron chi connectivity index (χ3n) is 4.11. The van der Waals surface area contributed by atoms with Gasteiger partial charge in [-0.1, -0.05) is 18.5 Å². The molecule has 0 saturated heterocycles. The Morgan fingerprint density at radius 2 is 2.14 bits per heavy atom. The lowest BCUT2D eigenvalue weighted by Gasteiger charge is -2.20. The Balaban J connectivity index is 1.85. The number of hydrogen-bond acceptors (Lipinski definition) is 3. The van der Waals surface area contributed by atoms with E-state index in [2.05, 4.69) is 22.9 Å². The molecule has 1 aromatic heterocycles. The molecule has 21 heavy (non-hydrogen) atoms. The van der Waals surface area contributed by atoms with Crippen LogP contribution < -0.4 is 4.74 Å². The van der Waals surface area contributed by atoms with Gasteiger partial charge < -0.3 is 4.74 Å². The Labute approximate surface area is 130 Å². The first-order valence-corrected chi connectivity index (χ1v) is 7.93. The van der Waals surface area contributed by atoms with Gasteiger partial charge in [0.15, 0.2) is 0 Å². The second-order valence-corrected chi connectivity index (χ2v) is 6.13. The molecule has 0 radical (unpaired) electrons. The average molecular weight is 305 g/mol. The normalized spacial score (nSPS) is 14.9. The molecule has 1 aromatic carbocycles. The Hall–Kier alpha value is -1.32. The fourth-order valence-corrected chi connectivity index (χ4v) is 2.82. The summed E-state index contributed by atoms with van der Waals surface area (Å²) in [7, 11) is 1.66. The molecule has 3 nitrogen and oxygen atoms in total. The fraction of sp³-hybridized carbons (Fsp3) is 0.471. The summed E-state index contributed by atoms with van der Waals surface area (Å²) in [6.45, 7) is 5.30. The van der Waals surface area contributed by atoms with Crippen LogP contribution in [0.1, 0.15) is 25.3 Å². The van der Waals surface area contributed by atoms with Crippen molar-refractivity contribution in [3.63, 3.8) is 0 Å². The van der Waals surface area contributed by atoms with Crippen molar-refractivity contribution >= 4 is 22.5 Å². The molecule has 1 aliphatic carbocycles. The zero-order valence-electron chi connectivity index (χ0n) is 12.6. The van der Waals surface area contributed by atoms with E-state index in [4.69, 9.17) is 16.3 Å². The minimum absolute atomic E-state index is 0.602. The Morgan fingerprint density at radius 1 is 1.33 bits per heavy atom. The first kappa shape index (κ1) is 14.6. The van der Waals surface area contributed by atoms with Crippen molar-refractivity contribution in [3.05, 3.63) is 35.0 Å². The Morgan fingerprint density at radius 3 is 2.81 bits per heavy atom. The van der Waals surface area contributed by atoms with Crippen LogP contribution in [0.15, 0.2) is 24.3 Å². The molecular weight excluding hydrogens is 284 g/mol. The van der Waals surface area contributed by atoms with Gasteiger partial charge in [-0.3, -0.25) is 4.90 Å². The van der Waals surface area contributed by atoms with Gasteiger partial charge in [0.1, 0.15) is 10.9 Å². The van der Waals surface area contributed by atoms with Crippen LogP contribution in [0.25, 0.3) is 10.9 Å². The molecule has 0 bridgehead atoms. The van der Waals surface area contributed by atoms with Crippen molar-refractivity contribution in [2.75, 3.05) is 20.2 Å². The smallest absolute Gasteiger partial charge is 0.134 e. The van der Waals surface area contributed by atoms with Gasteiger partial charge in [-0.05, 0) is 43.5 Å². The van der Waals surface area contributed by atoms with E-state index < -0.39 is 0 Å². The second-order valence-electron chi connectivity index (χ2n) is 5.77. The van der Waals surface area contributed by atoms with E-state index in [1.165, 1.54) is 19.4 Å². The maximum atomic E-state index is 6.37. The molecular formula is C17H21ClN2O. The van der Waals surface area contributed by atoms with Gasteiger partial charge in [0.05, 0.1) is 12.6 Å². The molecule has 1 heterocycles. The molecule has 0 unspecified atom stereocenters. The van der Waals surface area contributed by atoms with Gasteiger partial charge in [-0.15, -0.1) is 0 Å². The molecule has 1 fully saturated rings. The summed E-state index contributed by atoms with van der Waals surface area (Å²) in [4.78, 5) is 6.98. The number of ether oxygens (including phenoxy) is 1. The highest BCUT2D eigenvalue weighted by Crippen LogP contribution is 2.31. The highest BCUT2D eigenvalue weighted by Gasteiger charge is 2.24. The quantitative estimate of drug-likeness (QED) is 0.750. The summed E-state index contributed by atoms with van der Waals surface area (Å²) < 4.78 is 5.23. The highest BCUT2D eigenvalue weighted by atomic mass is 35.5. The maximum absolute atomic E-state index is 6.37. The van der Waals surface area contributed by atoms with Gasteiger partial charge in [0.2, 0.25) is 0 Å². The lowest BCUT2D eigenvalue weighted by atomic mass is 10.1. The van der Waals surface area contributed by atoms with E-state index in [9.17, 15) is 0 Å². The van der Waals surface area contributed by atoms with Crippen LogP contribution in [-0.2, 0) is 6.54 Å². The van der Waals surface area contributed by atoms with E-state index in [0.717, 1.165) is 41.2 Å². The van der Waals surface area contributed by atoms with Crippen LogP contribution in [0.4, 0.5) is 0 Å². The Bertz CT molecular complexity index is 640. The zero-order valence-corrected chi connectivity index (χ0v) is 13.4. The number of nitrogens with zero attached hydrogens (tertiary/aromatic N) is 2. The molecule has 3 rings (SSSR count). The number of aromatic nitrogens is 1. The molecule has 1 aliphatic rings. The van der Waals surface area contributed by atoms with E-state index >= 15 is 0 Å². The predicted octanol–water partition coefficient (Wildman–Crippen LogP) is 4.13. The number of halogens is 1. The lowest BCUT2D eigenvalue weighted by Crippen LogP contribution is -2.25. The number of benzene rings is 1. The van der Waals surface area contributed by atoms with Crippen LogP contribution >= 0.6 is 11.6 Å². The van der Waals surface area contributed by atoms with Crippen LogP contribution in [0.5, 0.6) is 5.75 Å².